The summed E-state index contributed by atoms with van der Waals surface area (Å²) in [5.74, 6) is -0.629. The van der Waals surface area contributed by atoms with Gasteiger partial charge in [0.15, 0.2) is 6.10 Å². The predicted molar refractivity (Wildman–Crippen MR) is 242 cm³/mol. The first-order valence-corrected chi connectivity index (χ1v) is 22.4. The van der Waals surface area contributed by atoms with E-state index < -0.39 is 6.10 Å². The van der Waals surface area contributed by atoms with E-state index in [0.717, 1.165) is 109 Å². The number of hydrogen-bond acceptors (Lipinski definition) is 5. The SMILES string of the molecule is CC/C=C\C/C=C\C/C=C\C/C=C\C/C=C\CCCCCCCCCC(=O)OC(CO)COC(=O)CCCCCCCC/C=C\C/C=C\C/C=C\C/C=C\CC. The summed E-state index contributed by atoms with van der Waals surface area (Å²) in [6, 6.07) is 0. The van der Waals surface area contributed by atoms with E-state index in [1.165, 1.54) is 44.9 Å². The number of carbonyl (C=O) groups is 2. The fraction of sp³-hybridized carbons (Fsp3) is 0.608. The molecule has 0 bridgehead atoms. The summed E-state index contributed by atoms with van der Waals surface area (Å²) in [6.07, 6.45) is 65.8. The van der Waals surface area contributed by atoms with Gasteiger partial charge in [-0.3, -0.25) is 9.59 Å². The minimum Gasteiger partial charge on any atom is -0.462 e. The molecule has 56 heavy (non-hydrogen) atoms. The van der Waals surface area contributed by atoms with Crippen LogP contribution in [0, 0.1) is 0 Å². The number of carbonyl (C=O) groups excluding carboxylic acids is 2. The fourth-order valence-corrected chi connectivity index (χ4v) is 5.75. The van der Waals surface area contributed by atoms with E-state index in [2.05, 4.69) is 123 Å². The maximum atomic E-state index is 12.2. The Morgan fingerprint density at radius 1 is 0.411 bits per heavy atom. The summed E-state index contributed by atoms with van der Waals surface area (Å²) in [6.45, 7) is 3.88. The molecule has 0 radical (unpaired) electrons. The minimum absolute atomic E-state index is 0.0853. The van der Waals surface area contributed by atoms with Crippen LogP contribution in [0.4, 0.5) is 0 Å². The van der Waals surface area contributed by atoms with Gasteiger partial charge in [-0.2, -0.15) is 0 Å². The first kappa shape index (κ1) is 52.6. The van der Waals surface area contributed by atoms with Gasteiger partial charge in [-0.25, -0.2) is 0 Å². The van der Waals surface area contributed by atoms with Crippen molar-refractivity contribution in [1.29, 1.82) is 0 Å². The number of rotatable bonds is 39. The molecule has 0 heterocycles. The molecule has 1 unspecified atom stereocenters. The van der Waals surface area contributed by atoms with Crippen molar-refractivity contribution in [2.75, 3.05) is 13.2 Å². The molecule has 316 valence electrons. The van der Waals surface area contributed by atoms with Crippen LogP contribution in [0.25, 0.3) is 0 Å². The van der Waals surface area contributed by atoms with Gasteiger partial charge in [0.1, 0.15) is 6.61 Å². The summed E-state index contributed by atoms with van der Waals surface area (Å²) in [5, 5.41) is 9.60. The second-order valence-corrected chi connectivity index (χ2v) is 14.4. The molecule has 5 heteroatoms. The summed E-state index contributed by atoms with van der Waals surface area (Å²) >= 11 is 0. The molecule has 0 aliphatic rings. The number of ether oxygens (including phenoxy) is 2. The van der Waals surface area contributed by atoms with E-state index >= 15 is 0 Å². The molecule has 0 aromatic heterocycles. The van der Waals surface area contributed by atoms with Crippen LogP contribution in [0.15, 0.2) is 109 Å². The molecular weight excluding hydrogens is 693 g/mol. The average Bonchev–Trinajstić information content (AvgIpc) is 3.20. The summed E-state index contributed by atoms with van der Waals surface area (Å²) in [4.78, 5) is 24.4. The van der Waals surface area contributed by atoms with Crippen molar-refractivity contribution in [3.8, 4) is 0 Å². The molecule has 0 aliphatic heterocycles. The molecule has 0 aromatic rings. The lowest BCUT2D eigenvalue weighted by molar-refractivity contribution is -0.161. The highest BCUT2D eigenvalue weighted by Gasteiger charge is 2.16. The third-order valence-electron chi connectivity index (χ3n) is 9.06. The number of esters is 2. The molecule has 1 N–H and O–H groups in total. The van der Waals surface area contributed by atoms with Crippen LogP contribution in [0.2, 0.25) is 0 Å². The van der Waals surface area contributed by atoms with Gasteiger partial charge in [-0.1, -0.05) is 181 Å². The molecule has 0 aromatic carbocycles. The van der Waals surface area contributed by atoms with Crippen LogP contribution in [0.3, 0.4) is 0 Å². The van der Waals surface area contributed by atoms with Gasteiger partial charge in [0.25, 0.3) is 0 Å². The van der Waals surface area contributed by atoms with Crippen molar-refractivity contribution in [2.24, 2.45) is 0 Å². The Labute approximate surface area is 344 Å². The second kappa shape index (κ2) is 45.9. The van der Waals surface area contributed by atoms with Crippen LogP contribution >= 0.6 is 0 Å². The lowest BCUT2D eigenvalue weighted by Crippen LogP contribution is -2.28. The van der Waals surface area contributed by atoms with E-state index in [9.17, 15) is 14.7 Å². The third kappa shape index (κ3) is 43.3. The first-order valence-electron chi connectivity index (χ1n) is 22.4. The van der Waals surface area contributed by atoms with Gasteiger partial charge in [-0.05, 0) is 96.3 Å². The van der Waals surface area contributed by atoms with Crippen molar-refractivity contribution in [1.82, 2.24) is 0 Å². The molecule has 0 saturated carbocycles. The Morgan fingerprint density at radius 2 is 0.714 bits per heavy atom. The van der Waals surface area contributed by atoms with Crippen molar-refractivity contribution < 1.29 is 24.2 Å². The molecule has 0 aliphatic carbocycles. The van der Waals surface area contributed by atoms with Crippen LogP contribution in [0.5, 0.6) is 0 Å². The van der Waals surface area contributed by atoms with E-state index in [1.807, 2.05) is 0 Å². The lowest BCUT2D eigenvalue weighted by Gasteiger charge is -2.15. The first-order chi connectivity index (χ1) is 27.6. The Hall–Kier alpha value is -3.44. The summed E-state index contributed by atoms with van der Waals surface area (Å²) < 4.78 is 10.6. The van der Waals surface area contributed by atoms with E-state index in [-0.39, 0.29) is 25.2 Å². The molecule has 0 spiro atoms. The normalized spacial score (nSPS) is 13.3. The van der Waals surface area contributed by atoms with Gasteiger partial charge in [-0.15, -0.1) is 0 Å². The maximum absolute atomic E-state index is 12.2. The molecule has 0 amide bonds. The monoisotopic (exact) mass is 775 g/mol. The van der Waals surface area contributed by atoms with Crippen LogP contribution in [-0.4, -0.2) is 36.4 Å². The Morgan fingerprint density at radius 3 is 1.07 bits per heavy atom. The molecule has 1 atom stereocenters. The average molecular weight is 775 g/mol. The number of allylic oxidation sites excluding steroid dienone is 18. The van der Waals surface area contributed by atoms with Crippen LogP contribution in [-0.2, 0) is 19.1 Å². The highest BCUT2D eigenvalue weighted by atomic mass is 16.6. The summed E-state index contributed by atoms with van der Waals surface area (Å²) in [5.41, 5.74) is 0. The van der Waals surface area contributed by atoms with Gasteiger partial charge in [0.2, 0.25) is 0 Å². The summed E-state index contributed by atoms with van der Waals surface area (Å²) in [7, 11) is 0. The van der Waals surface area contributed by atoms with E-state index in [0.29, 0.717) is 12.8 Å². The maximum Gasteiger partial charge on any atom is 0.306 e. The van der Waals surface area contributed by atoms with Gasteiger partial charge in [0, 0.05) is 12.8 Å². The molecule has 5 nitrogen and oxygen atoms in total. The largest absolute Gasteiger partial charge is 0.462 e. The predicted octanol–water partition coefficient (Wildman–Crippen LogP) is 14.6. The van der Waals surface area contributed by atoms with Crippen LogP contribution < -0.4 is 0 Å². The highest BCUT2D eigenvalue weighted by molar-refractivity contribution is 5.70. The lowest BCUT2D eigenvalue weighted by atomic mass is 10.1. The molecular formula is C51H82O5. The number of aliphatic hydroxyl groups is 1. The van der Waals surface area contributed by atoms with Gasteiger partial charge >= 0.3 is 11.9 Å². The van der Waals surface area contributed by atoms with E-state index in [4.69, 9.17) is 9.47 Å². The topological polar surface area (TPSA) is 72.8 Å². The van der Waals surface area contributed by atoms with Gasteiger partial charge in [0.05, 0.1) is 6.61 Å². The van der Waals surface area contributed by atoms with Crippen molar-refractivity contribution in [3.05, 3.63) is 109 Å². The Bertz CT molecular complexity index is 1150. The number of unbranched alkanes of at least 4 members (excludes halogenated alkanes) is 13. The van der Waals surface area contributed by atoms with Crippen molar-refractivity contribution in [3.63, 3.8) is 0 Å². The minimum atomic E-state index is -0.792. The molecule has 0 rings (SSSR count). The number of aliphatic hydroxyl groups excluding tert-OH is 1. The van der Waals surface area contributed by atoms with Crippen LogP contribution in [0.1, 0.15) is 181 Å². The zero-order valence-corrected chi connectivity index (χ0v) is 35.8. The van der Waals surface area contributed by atoms with Crippen molar-refractivity contribution >= 4 is 11.9 Å². The zero-order chi connectivity index (χ0) is 40.7. The fourth-order valence-electron chi connectivity index (χ4n) is 5.75. The van der Waals surface area contributed by atoms with Gasteiger partial charge < -0.3 is 14.6 Å². The second-order valence-electron chi connectivity index (χ2n) is 14.4. The van der Waals surface area contributed by atoms with E-state index in [1.54, 1.807) is 0 Å². The zero-order valence-electron chi connectivity index (χ0n) is 35.8. The third-order valence-corrected chi connectivity index (χ3v) is 9.06. The molecule has 0 saturated heterocycles. The Balaban J connectivity index is 3.63. The number of hydrogen-bond donors (Lipinski definition) is 1. The standard InChI is InChI=1S/C51H82O5/c1-3-5-7-9-11-13-15-17-19-21-23-24-25-26-28-30-32-34-36-38-40-42-44-46-51(54)56-49(47-52)48-55-50(53)45-43-41-39-37-35-33-31-29-27-22-20-18-16-14-12-10-8-6-4-2/h5-8,11-14,17-20,23-24,26-29,49,52H,3-4,9-10,15-16,21-22,25,30-48H2,1-2H3/b7-5-,8-6-,13-11-,14-12-,19-17-,20-18-,24-23-,28-26-,29-27-. The van der Waals surface area contributed by atoms with Crippen molar-refractivity contribution in [2.45, 2.75) is 187 Å². The molecule has 0 fully saturated rings. The Kier molecular flexibility index (Phi) is 43.1. The smallest absolute Gasteiger partial charge is 0.306 e. The highest BCUT2D eigenvalue weighted by Crippen LogP contribution is 2.12. The quantitative estimate of drug-likeness (QED) is 0.0382.